The van der Waals surface area contributed by atoms with Gasteiger partial charge in [-0.2, -0.15) is 13.2 Å². The lowest BCUT2D eigenvalue weighted by molar-refractivity contribution is -0.137. The number of aromatic nitrogens is 1. The number of aliphatic imine (C=N–C) groups is 1. The maximum absolute atomic E-state index is 13.1. The predicted molar refractivity (Wildman–Crippen MR) is 113 cm³/mol. The fourth-order valence-electron chi connectivity index (χ4n) is 2.38. The van der Waals surface area contributed by atoms with Gasteiger partial charge in [-0.25, -0.2) is 9.37 Å². The van der Waals surface area contributed by atoms with Crippen molar-refractivity contribution in [3.05, 3.63) is 59.5 Å². The molecule has 0 fully saturated rings. The Kier molecular flexibility index (Phi) is 9.97. The highest BCUT2D eigenvalue weighted by molar-refractivity contribution is 14.0. The Hall–Kier alpha value is -2.11. The van der Waals surface area contributed by atoms with E-state index in [-0.39, 0.29) is 42.2 Å². The van der Waals surface area contributed by atoms with Crippen LogP contribution in [0.4, 0.5) is 23.4 Å². The molecule has 0 amide bonds. The first-order valence-corrected chi connectivity index (χ1v) is 8.35. The third-order valence-electron chi connectivity index (χ3n) is 3.64. The molecule has 1 aromatic carbocycles. The zero-order chi connectivity index (χ0) is 19.7. The first-order valence-electron chi connectivity index (χ1n) is 8.35. The molecule has 0 radical (unpaired) electrons. The highest BCUT2D eigenvalue weighted by Crippen LogP contribution is 2.33. The summed E-state index contributed by atoms with van der Waals surface area (Å²) in [7, 11) is 1.59. The zero-order valence-electron chi connectivity index (χ0n) is 15.2. The van der Waals surface area contributed by atoms with E-state index in [4.69, 9.17) is 0 Å². The quantitative estimate of drug-likeness (QED) is 0.175. The van der Waals surface area contributed by atoms with Gasteiger partial charge in [0.05, 0.1) is 5.56 Å². The first kappa shape index (κ1) is 23.9. The SMILES string of the molecule is CN=C(NCCNc1ncccc1C(F)(F)F)NCCc1cccc(F)c1.I. The van der Waals surface area contributed by atoms with Gasteiger partial charge in [0.25, 0.3) is 0 Å². The third kappa shape index (κ3) is 7.87. The summed E-state index contributed by atoms with van der Waals surface area (Å²) in [5.41, 5.74) is 0.0528. The maximum Gasteiger partial charge on any atom is 0.419 e. The number of alkyl halides is 3. The van der Waals surface area contributed by atoms with Crippen molar-refractivity contribution in [1.29, 1.82) is 0 Å². The van der Waals surface area contributed by atoms with Crippen LogP contribution in [0.2, 0.25) is 0 Å². The van der Waals surface area contributed by atoms with E-state index in [1.807, 2.05) is 6.07 Å². The van der Waals surface area contributed by atoms with Crippen LogP contribution in [0.1, 0.15) is 11.1 Å². The van der Waals surface area contributed by atoms with E-state index >= 15 is 0 Å². The molecule has 2 aromatic rings. The van der Waals surface area contributed by atoms with Crippen molar-refractivity contribution < 1.29 is 17.6 Å². The number of benzene rings is 1. The number of halogens is 5. The molecule has 0 aliphatic rings. The minimum absolute atomic E-state index is 0. The van der Waals surface area contributed by atoms with Crippen molar-refractivity contribution in [3.8, 4) is 0 Å². The van der Waals surface area contributed by atoms with Crippen LogP contribution in [-0.4, -0.2) is 37.6 Å². The first-order chi connectivity index (χ1) is 12.9. The van der Waals surface area contributed by atoms with Crippen LogP contribution in [0.3, 0.4) is 0 Å². The molecule has 2 rings (SSSR count). The normalized spacial score (nSPS) is 11.5. The van der Waals surface area contributed by atoms with Gasteiger partial charge < -0.3 is 16.0 Å². The van der Waals surface area contributed by atoms with Crippen LogP contribution in [0, 0.1) is 5.82 Å². The molecule has 1 aromatic heterocycles. The van der Waals surface area contributed by atoms with Crippen LogP contribution < -0.4 is 16.0 Å². The molecule has 0 aliphatic carbocycles. The average molecular weight is 511 g/mol. The zero-order valence-corrected chi connectivity index (χ0v) is 17.5. The van der Waals surface area contributed by atoms with Gasteiger partial charge in [0, 0.05) is 32.9 Å². The van der Waals surface area contributed by atoms with Crippen molar-refractivity contribution >= 4 is 35.8 Å². The molecule has 0 spiro atoms. The second-order valence-corrected chi connectivity index (χ2v) is 5.63. The number of nitrogens with one attached hydrogen (secondary N) is 3. The van der Waals surface area contributed by atoms with Crippen molar-refractivity contribution in [2.75, 3.05) is 32.0 Å². The number of rotatable bonds is 7. The lowest BCUT2D eigenvalue weighted by Crippen LogP contribution is -2.40. The van der Waals surface area contributed by atoms with E-state index in [2.05, 4.69) is 25.9 Å². The van der Waals surface area contributed by atoms with Gasteiger partial charge in [-0.1, -0.05) is 12.1 Å². The molecule has 0 atom stereocenters. The van der Waals surface area contributed by atoms with Crippen LogP contribution >= 0.6 is 24.0 Å². The fourth-order valence-corrected chi connectivity index (χ4v) is 2.38. The van der Waals surface area contributed by atoms with Crippen molar-refractivity contribution in [2.45, 2.75) is 12.6 Å². The van der Waals surface area contributed by atoms with Gasteiger partial charge in [0.15, 0.2) is 5.96 Å². The predicted octanol–water partition coefficient (Wildman–Crippen LogP) is 3.68. The summed E-state index contributed by atoms with van der Waals surface area (Å²) in [5, 5.41) is 8.72. The smallest absolute Gasteiger partial charge is 0.368 e. The van der Waals surface area contributed by atoms with E-state index in [1.165, 1.54) is 24.4 Å². The lowest BCUT2D eigenvalue weighted by Gasteiger charge is -2.15. The molecule has 28 heavy (non-hydrogen) atoms. The maximum atomic E-state index is 13.1. The monoisotopic (exact) mass is 511 g/mol. The van der Waals surface area contributed by atoms with Gasteiger partial charge in [-0.3, -0.25) is 4.99 Å². The van der Waals surface area contributed by atoms with Gasteiger partial charge in [-0.15, -0.1) is 24.0 Å². The molecule has 0 unspecified atom stereocenters. The summed E-state index contributed by atoms with van der Waals surface area (Å²) in [6.45, 7) is 1.10. The average Bonchev–Trinajstić information content (AvgIpc) is 2.63. The molecule has 1 heterocycles. The fraction of sp³-hybridized carbons (Fsp3) is 0.333. The van der Waals surface area contributed by atoms with E-state index in [0.29, 0.717) is 25.5 Å². The summed E-state index contributed by atoms with van der Waals surface area (Å²) < 4.78 is 51.8. The number of hydrogen-bond acceptors (Lipinski definition) is 3. The Morgan fingerprint density at radius 1 is 1.07 bits per heavy atom. The molecule has 10 heteroatoms. The number of hydrogen-bond donors (Lipinski definition) is 3. The molecule has 0 bridgehead atoms. The Balaban J connectivity index is 0.00000392. The van der Waals surface area contributed by atoms with Crippen molar-refractivity contribution in [2.24, 2.45) is 4.99 Å². The van der Waals surface area contributed by atoms with Crippen LogP contribution in [-0.2, 0) is 12.6 Å². The summed E-state index contributed by atoms with van der Waals surface area (Å²) in [6.07, 6.45) is -2.55. The van der Waals surface area contributed by atoms with E-state index in [9.17, 15) is 17.6 Å². The molecule has 154 valence electrons. The molecular formula is C18H22F4IN5. The second kappa shape index (κ2) is 11.7. The number of anilines is 1. The highest BCUT2D eigenvalue weighted by atomic mass is 127. The van der Waals surface area contributed by atoms with E-state index in [0.717, 1.165) is 11.6 Å². The Bertz CT molecular complexity index is 768. The molecule has 0 saturated carbocycles. The summed E-state index contributed by atoms with van der Waals surface area (Å²) in [5.74, 6) is 0.0138. The van der Waals surface area contributed by atoms with E-state index in [1.54, 1.807) is 13.1 Å². The van der Waals surface area contributed by atoms with Gasteiger partial charge >= 0.3 is 6.18 Å². The number of nitrogens with zero attached hydrogens (tertiary/aromatic N) is 2. The lowest BCUT2D eigenvalue weighted by atomic mass is 10.1. The summed E-state index contributed by atoms with van der Waals surface area (Å²) >= 11 is 0. The minimum Gasteiger partial charge on any atom is -0.368 e. The largest absolute Gasteiger partial charge is 0.419 e. The molecular weight excluding hydrogens is 489 g/mol. The van der Waals surface area contributed by atoms with Crippen molar-refractivity contribution in [3.63, 3.8) is 0 Å². The molecule has 5 nitrogen and oxygen atoms in total. The molecule has 0 saturated heterocycles. The Labute approximate surface area is 178 Å². The van der Waals surface area contributed by atoms with Crippen molar-refractivity contribution in [1.82, 2.24) is 15.6 Å². The third-order valence-corrected chi connectivity index (χ3v) is 3.64. The standard InChI is InChI=1S/C18H21F4N5.HI/c1-23-17(26-9-7-13-4-2-5-14(19)12-13)27-11-10-25-16-15(18(20,21)22)6-3-8-24-16;/h2-6,8,12H,7,9-11H2,1H3,(H,24,25)(H2,23,26,27);1H. The highest BCUT2D eigenvalue weighted by Gasteiger charge is 2.33. The van der Waals surface area contributed by atoms with Gasteiger partial charge in [0.2, 0.25) is 0 Å². The number of pyridine rings is 1. The summed E-state index contributed by atoms with van der Waals surface area (Å²) in [6, 6.07) is 8.56. The minimum atomic E-state index is -4.46. The Morgan fingerprint density at radius 2 is 1.82 bits per heavy atom. The second-order valence-electron chi connectivity index (χ2n) is 5.63. The topological polar surface area (TPSA) is 61.3 Å². The van der Waals surface area contributed by atoms with Gasteiger partial charge in [0.1, 0.15) is 11.6 Å². The molecule has 3 N–H and O–H groups in total. The van der Waals surface area contributed by atoms with E-state index < -0.39 is 11.7 Å². The van der Waals surface area contributed by atoms with Crippen LogP contribution in [0.25, 0.3) is 0 Å². The Morgan fingerprint density at radius 3 is 2.50 bits per heavy atom. The summed E-state index contributed by atoms with van der Waals surface area (Å²) in [4.78, 5) is 7.77. The van der Waals surface area contributed by atoms with Gasteiger partial charge in [-0.05, 0) is 36.2 Å². The number of guanidine groups is 1. The van der Waals surface area contributed by atoms with Crippen LogP contribution in [0.5, 0.6) is 0 Å². The van der Waals surface area contributed by atoms with Crippen LogP contribution in [0.15, 0.2) is 47.6 Å². The molecule has 0 aliphatic heterocycles.